The number of methoxy groups -OCH3 is 1. The Balaban J connectivity index is 1.58. The Bertz CT molecular complexity index is 1330. The number of nitrogens with zero attached hydrogens (tertiary/aromatic N) is 1. The van der Waals surface area contributed by atoms with Gasteiger partial charge >= 0.3 is 5.97 Å². The molecule has 0 saturated carbocycles. The normalized spacial score (nSPS) is 13.3. The zero-order valence-electron chi connectivity index (χ0n) is 18.3. The topological polar surface area (TPSA) is 129 Å². The molecule has 0 fully saturated rings. The van der Waals surface area contributed by atoms with Crippen molar-refractivity contribution < 1.29 is 29.1 Å². The molecule has 0 bridgehead atoms. The molecule has 0 unspecified atom stereocenters. The Labute approximate surface area is 194 Å². The maximum atomic E-state index is 12.9. The Morgan fingerprint density at radius 1 is 1.15 bits per heavy atom. The zero-order valence-corrected chi connectivity index (χ0v) is 18.3. The minimum atomic E-state index is -1.12. The summed E-state index contributed by atoms with van der Waals surface area (Å²) in [4.78, 5) is 53.6. The highest BCUT2D eigenvalue weighted by Crippen LogP contribution is 2.28. The largest absolute Gasteiger partial charge is 0.467 e. The van der Waals surface area contributed by atoms with E-state index < -0.39 is 29.7 Å². The number of ether oxygens (including phenoxy) is 1. The molecular formula is C25H21N3O6. The van der Waals surface area contributed by atoms with Crippen molar-refractivity contribution in [3.8, 4) is 11.8 Å². The number of H-pyrrole nitrogens is 1. The van der Waals surface area contributed by atoms with Gasteiger partial charge in [-0.15, -0.1) is 0 Å². The van der Waals surface area contributed by atoms with Crippen molar-refractivity contribution in [1.29, 1.82) is 0 Å². The third-order valence-electron chi connectivity index (χ3n) is 5.63. The number of aromatic nitrogens is 1. The molecule has 0 spiro atoms. The number of hydrogen-bond donors (Lipinski definition) is 3. The second-order valence-corrected chi connectivity index (χ2v) is 7.68. The lowest BCUT2D eigenvalue weighted by Crippen LogP contribution is -2.46. The Morgan fingerprint density at radius 3 is 2.50 bits per heavy atom. The number of rotatable bonds is 6. The maximum absolute atomic E-state index is 12.9. The van der Waals surface area contributed by atoms with E-state index in [0.29, 0.717) is 6.42 Å². The molecule has 1 aliphatic heterocycles. The number of amides is 3. The number of fused-ring (bicyclic) bond motifs is 2. The number of nitrogens with one attached hydrogen (secondary N) is 2. The molecule has 0 radical (unpaired) electrons. The summed E-state index contributed by atoms with van der Waals surface area (Å²) in [5.41, 5.74) is 4.31. The molecule has 9 nitrogen and oxygen atoms in total. The van der Waals surface area contributed by atoms with Crippen LogP contribution in [0.5, 0.6) is 0 Å². The molecule has 1 aliphatic rings. The quantitative estimate of drug-likeness (QED) is 0.170. The fourth-order valence-electron chi connectivity index (χ4n) is 3.94. The number of carbonyl (C=O) groups is 4. The van der Waals surface area contributed by atoms with Gasteiger partial charge in [0, 0.05) is 41.9 Å². The van der Waals surface area contributed by atoms with E-state index in [1.807, 2.05) is 12.1 Å². The van der Waals surface area contributed by atoms with Crippen LogP contribution in [0.25, 0.3) is 10.9 Å². The summed E-state index contributed by atoms with van der Waals surface area (Å²) in [6, 6.07) is 10.8. The molecule has 3 N–H and O–H groups in total. The summed E-state index contributed by atoms with van der Waals surface area (Å²) in [6.07, 6.45) is 2.19. The Morgan fingerprint density at radius 2 is 1.85 bits per heavy atom. The first-order chi connectivity index (χ1) is 16.4. The van der Waals surface area contributed by atoms with Crippen LogP contribution in [0.3, 0.4) is 0 Å². The number of hydroxylamine groups is 1. The molecule has 1 atom stereocenters. The smallest absolute Gasteiger partial charge is 0.329 e. The van der Waals surface area contributed by atoms with Crippen LogP contribution >= 0.6 is 0 Å². The van der Waals surface area contributed by atoms with Crippen LogP contribution in [0.2, 0.25) is 0 Å². The SMILES string of the molecule is COC(=O)[C@H](Cc1c[nH]c2cc(C#CCCC(=O)NO)ccc12)N1C(=O)c2ccccc2C1=O. The van der Waals surface area contributed by atoms with Crippen LogP contribution in [0, 0.1) is 11.8 Å². The van der Waals surface area contributed by atoms with E-state index in [1.165, 1.54) is 7.11 Å². The van der Waals surface area contributed by atoms with Crippen molar-refractivity contribution in [2.24, 2.45) is 0 Å². The number of benzene rings is 2. The molecule has 0 saturated heterocycles. The molecule has 1 aromatic heterocycles. The summed E-state index contributed by atoms with van der Waals surface area (Å²) in [7, 11) is 1.22. The summed E-state index contributed by atoms with van der Waals surface area (Å²) in [5, 5.41) is 9.32. The van der Waals surface area contributed by atoms with Gasteiger partial charge in [-0.05, 0) is 29.8 Å². The van der Waals surface area contributed by atoms with Gasteiger partial charge in [0.05, 0.1) is 18.2 Å². The molecule has 4 rings (SSSR count). The Kier molecular flexibility index (Phi) is 6.43. The van der Waals surface area contributed by atoms with Gasteiger partial charge in [0.15, 0.2) is 0 Å². The minimum absolute atomic E-state index is 0.0828. The minimum Gasteiger partial charge on any atom is -0.467 e. The zero-order chi connectivity index (χ0) is 24.2. The highest BCUT2D eigenvalue weighted by molar-refractivity contribution is 6.22. The first kappa shape index (κ1) is 22.8. The van der Waals surface area contributed by atoms with Crippen LogP contribution in [0.4, 0.5) is 0 Å². The van der Waals surface area contributed by atoms with Gasteiger partial charge in [-0.2, -0.15) is 0 Å². The van der Waals surface area contributed by atoms with Crippen LogP contribution in [0.1, 0.15) is 44.7 Å². The van der Waals surface area contributed by atoms with E-state index >= 15 is 0 Å². The van der Waals surface area contributed by atoms with E-state index in [-0.39, 0.29) is 24.0 Å². The molecule has 172 valence electrons. The van der Waals surface area contributed by atoms with Gasteiger partial charge in [-0.1, -0.05) is 30.0 Å². The van der Waals surface area contributed by atoms with Gasteiger partial charge in [0.1, 0.15) is 6.04 Å². The van der Waals surface area contributed by atoms with Gasteiger partial charge in [0.2, 0.25) is 5.91 Å². The van der Waals surface area contributed by atoms with Crippen molar-refractivity contribution in [2.75, 3.05) is 7.11 Å². The average Bonchev–Trinajstić information content (AvgIpc) is 3.37. The number of aromatic amines is 1. The van der Waals surface area contributed by atoms with Crippen molar-refractivity contribution in [3.63, 3.8) is 0 Å². The molecule has 34 heavy (non-hydrogen) atoms. The predicted octanol–water partition coefficient (Wildman–Crippen LogP) is 2.19. The number of imide groups is 1. The Hall–Kier alpha value is -4.42. The van der Waals surface area contributed by atoms with E-state index in [1.54, 1.807) is 42.0 Å². The van der Waals surface area contributed by atoms with E-state index in [9.17, 15) is 19.2 Å². The highest BCUT2D eigenvalue weighted by atomic mass is 16.5. The molecule has 3 aromatic rings. The van der Waals surface area contributed by atoms with E-state index in [0.717, 1.165) is 26.9 Å². The third kappa shape index (κ3) is 4.27. The molecule has 2 aromatic carbocycles. The summed E-state index contributed by atoms with van der Waals surface area (Å²) in [5.74, 6) is 3.59. The molecule has 9 heteroatoms. The van der Waals surface area contributed by atoms with Crippen molar-refractivity contribution in [1.82, 2.24) is 15.4 Å². The second-order valence-electron chi connectivity index (χ2n) is 7.68. The highest BCUT2D eigenvalue weighted by Gasteiger charge is 2.43. The predicted molar refractivity (Wildman–Crippen MR) is 121 cm³/mol. The number of esters is 1. The third-order valence-corrected chi connectivity index (χ3v) is 5.63. The maximum Gasteiger partial charge on any atom is 0.329 e. The molecule has 2 heterocycles. The van der Waals surface area contributed by atoms with Crippen LogP contribution in [0.15, 0.2) is 48.7 Å². The van der Waals surface area contributed by atoms with E-state index in [4.69, 9.17) is 9.94 Å². The first-order valence-electron chi connectivity index (χ1n) is 10.5. The van der Waals surface area contributed by atoms with Gasteiger partial charge in [-0.3, -0.25) is 24.5 Å². The molecular weight excluding hydrogens is 438 g/mol. The van der Waals surface area contributed by atoms with Crippen LogP contribution < -0.4 is 5.48 Å². The van der Waals surface area contributed by atoms with Gasteiger partial charge in [0.25, 0.3) is 11.8 Å². The fourth-order valence-corrected chi connectivity index (χ4v) is 3.94. The standard InChI is InChI=1S/C25H21N3O6/c1-34-25(32)21(28-23(30)18-7-3-4-8-19(18)24(28)31)13-16-14-26-20-12-15(10-11-17(16)20)6-2-5-9-22(29)27-33/h3-4,7-8,10-12,14,21,26,33H,5,9,13H2,1H3,(H,27,29)/t21-/m0/s1. The monoisotopic (exact) mass is 459 g/mol. The van der Waals surface area contributed by atoms with Crippen molar-refractivity contribution in [3.05, 3.63) is 70.9 Å². The van der Waals surface area contributed by atoms with Crippen molar-refractivity contribution >= 4 is 34.6 Å². The molecule has 3 amide bonds. The van der Waals surface area contributed by atoms with Gasteiger partial charge in [-0.25, -0.2) is 10.3 Å². The lowest BCUT2D eigenvalue weighted by Gasteiger charge is -2.23. The lowest BCUT2D eigenvalue weighted by atomic mass is 10.0. The number of carbonyl (C=O) groups excluding carboxylic acids is 4. The second kappa shape index (κ2) is 9.60. The van der Waals surface area contributed by atoms with E-state index in [2.05, 4.69) is 16.8 Å². The fraction of sp³-hybridized carbons (Fsp3) is 0.200. The number of hydrogen-bond acceptors (Lipinski definition) is 6. The van der Waals surface area contributed by atoms with Gasteiger partial charge < -0.3 is 9.72 Å². The summed E-state index contributed by atoms with van der Waals surface area (Å²) in [6.45, 7) is 0. The van der Waals surface area contributed by atoms with Crippen LogP contribution in [-0.4, -0.2) is 51.9 Å². The molecule has 0 aliphatic carbocycles. The summed E-state index contributed by atoms with van der Waals surface area (Å²) >= 11 is 0. The first-order valence-corrected chi connectivity index (χ1v) is 10.5. The lowest BCUT2D eigenvalue weighted by molar-refractivity contribution is -0.145. The summed E-state index contributed by atoms with van der Waals surface area (Å²) < 4.78 is 4.92. The van der Waals surface area contributed by atoms with Crippen molar-refractivity contribution in [2.45, 2.75) is 25.3 Å². The average molecular weight is 459 g/mol. The van der Waals surface area contributed by atoms with Crippen LogP contribution in [-0.2, 0) is 20.7 Å².